The first-order valence-electron chi connectivity index (χ1n) is 1.53. The number of halogens is 2. The van der Waals surface area contributed by atoms with E-state index in [1.165, 1.54) is 0 Å². The summed E-state index contributed by atoms with van der Waals surface area (Å²) in [4.78, 5) is 0. The van der Waals surface area contributed by atoms with Crippen LogP contribution in [0.15, 0.2) is 0 Å². The zero-order chi connectivity index (χ0) is 5.21. The topological polar surface area (TPSA) is 20.2 Å². The number of rotatable bonds is 1. The van der Waals surface area contributed by atoms with Crippen molar-refractivity contribution in [1.29, 1.82) is 0 Å². The summed E-state index contributed by atoms with van der Waals surface area (Å²) in [7, 11) is 0. The van der Waals surface area contributed by atoms with Crippen molar-refractivity contribution in [2.45, 2.75) is 12.8 Å². The predicted octanol–water partition coefficient (Wildman–Crippen LogP) is 0.634. The normalized spacial score (nSPS) is 20.0. The Kier molecular flexibility index (Phi) is 1.47. The Hall–Kier alpha value is -0.180. The Morgan fingerprint density at radius 1 is 1.83 bits per heavy atom. The SMILES string of the molecule is C[C@@](O)(F)CF. The molecule has 6 heavy (non-hydrogen) atoms. The zero-order valence-electron chi connectivity index (χ0n) is 3.41. The molecule has 0 amide bonds. The second-order valence-corrected chi connectivity index (χ2v) is 1.28. The van der Waals surface area contributed by atoms with Gasteiger partial charge >= 0.3 is 0 Å². The molecule has 0 radical (unpaired) electrons. The van der Waals surface area contributed by atoms with E-state index in [-0.39, 0.29) is 0 Å². The van der Waals surface area contributed by atoms with Crippen LogP contribution in [0.25, 0.3) is 0 Å². The van der Waals surface area contributed by atoms with Gasteiger partial charge < -0.3 is 5.11 Å². The molecule has 0 fully saturated rings. The van der Waals surface area contributed by atoms with Crippen LogP contribution in [0.2, 0.25) is 0 Å². The van der Waals surface area contributed by atoms with E-state index >= 15 is 0 Å². The van der Waals surface area contributed by atoms with Crippen LogP contribution in [-0.4, -0.2) is 17.6 Å². The molecule has 0 aromatic rings. The van der Waals surface area contributed by atoms with Crippen molar-refractivity contribution < 1.29 is 13.9 Å². The Labute approximate surface area is 34.6 Å². The van der Waals surface area contributed by atoms with Crippen LogP contribution < -0.4 is 0 Å². The zero-order valence-corrected chi connectivity index (χ0v) is 3.41. The quantitative estimate of drug-likeness (QED) is 0.507. The summed E-state index contributed by atoms with van der Waals surface area (Å²) in [5.41, 5.74) is 0. The molecule has 0 heterocycles. The van der Waals surface area contributed by atoms with Crippen molar-refractivity contribution >= 4 is 0 Å². The lowest BCUT2D eigenvalue weighted by atomic mass is 10.4. The van der Waals surface area contributed by atoms with E-state index in [1.807, 2.05) is 0 Å². The first-order valence-corrected chi connectivity index (χ1v) is 1.53. The van der Waals surface area contributed by atoms with E-state index in [0.29, 0.717) is 0 Å². The lowest BCUT2D eigenvalue weighted by Crippen LogP contribution is -2.18. The first kappa shape index (κ1) is 5.82. The molecule has 3 heteroatoms. The van der Waals surface area contributed by atoms with Crippen molar-refractivity contribution in [3.8, 4) is 0 Å². The fraction of sp³-hybridized carbons (Fsp3) is 1.00. The standard InChI is InChI=1S/C3H6F2O/c1-3(5,6)2-4/h6H,2H2,1H3/t3-/m0/s1. The average molecular weight is 96.1 g/mol. The third-order valence-corrected chi connectivity index (χ3v) is 0.244. The van der Waals surface area contributed by atoms with Gasteiger partial charge in [0, 0.05) is 0 Å². The first-order chi connectivity index (χ1) is 2.56. The van der Waals surface area contributed by atoms with E-state index in [0.717, 1.165) is 6.92 Å². The number of hydrogen-bond donors (Lipinski definition) is 1. The van der Waals surface area contributed by atoms with Gasteiger partial charge in [0.1, 0.15) is 6.67 Å². The molecule has 1 nitrogen and oxygen atoms in total. The monoisotopic (exact) mass is 96.0 g/mol. The highest BCUT2D eigenvalue weighted by molar-refractivity contribution is 4.49. The fourth-order valence-corrected chi connectivity index (χ4v) is 0. The third kappa shape index (κ3) is 3.82. The summed E-state index contributed by atoms with van der Waals surface area (Å²) in [6.45, 7) is -0.583. The molecule has 0 aliphatic rings. The molecule has 38 valence electrons. The van der Waals surface area contributed by atoms with Gasteiger partial charge in [0.2, 0.25) is 5.85 Å². The highest BCUT2D eigenvalue weighted by Gasteiger charge is 2.15. The second-order valence-electron chi connectivity index (χ2n) is 1.28. The maximum Gasteiger partial charge on any atom is 0.232 e. The molecule has 0 aromatic carbocycles. The molecular weight excluding hydrogens is 90.0 g/mol. The summed E-state index contributed by atoms with van der Waals surface area (Å²) >= 11 is 0. The third-order valence-electron chi connectivity index (χ3n) is 0.244. The predicted molar refractivity (Wildman–Crippen MR) is 17.7 cm³/mol. The van der Waals surface area contributed by atoms with Crippen LogP contribution in [-0.2, 0) is 0 Å². The molecule has 0 saturated heterocycles. The largest absolute Gasteiger partial charge is 0.360 e. The van der Waals surface area contributed by atoms with E-state index in [1.54, 1.807) is 0 Å². The summed E-state index contributed by atoms with van der Waals surface area (Å²) in [6.07, 6.45) is 0. The highest BCUT2D eigenvalue weighted by atomic mass is 19.2. The van der Waals surface area contributed by atoms with Crippen LogP contribution in [0.4, 0.5) is 8.78 Å². The molecule has 1 N–H and O–H groups in total. The van der Waals surface area contributed by atoms with E-state index in [4.69, 9.17) is 5.11 Å². The van der Waals surface area contributed by atoms with Crippen molar-refractivity contribution in [1.82, 2.24) is 0 Å². The van der Waals surface area contributed by atoms with Crippen LogP contribution in [0.5, 0.6) is 0 Å². The molecule has 0 aliphatic heterocycles. The fourth-order valence-electron chi connectivity index (χ4n) is 0. The van der Waals surface area contributed by atoms with Gasteiger partial charge in [-0.15, -0.1) is 0 Å². The summed E-state index contributed by atoms with van der Waals surface area (Å²) in [6, 6.07) is 0. The molecule has 0 bridgehead atoms. The van der Waals surface area contributed by atoms with Gasteiger partial charge in [0.15, 0.2) is 0 Å². The second kappa shape index (κ2) is 1.51. The maximum atomic E-state index is 11.3. The Balaban J connectivity index is 3.17. The summed E-state index contributed by atoms with van der Waals surface area (Å²) in [5.74, 6) is -2.62. The van der Waals surface area contributed by atoms with Gasteiger partial charge in [-0.25, -0.2) is 8.78 Å². The number of hydrogen-bond acceptors (Lipinski definition) is 1. The van der Waals surface area contributed by atoms with Gasteiger partial charge in [0.05, 0.1) is 0 Å². The average Bonchev–Trinajstić information content (AvgIpc) is 1.35. The maximum absolute atomic E-state index is 11.3. The molecule has 0 rings (SSSR count). The Morgan fingerprint density at radius 3 is 2.00 bits per heavy atom. The van der Waals surface area contributed by atoms with Gasteiger partial charge in [-0.2, -0.15) is 0 Å². The van der Waals surface area contributed by atoms with Crippen molar-refractivity contribution in [2.75, 3.05) is 6.67 Å². The minimum Gasteiger partial charge on any atom is -0.360 e. The number of alkyl halides is 2. The van der Waals surface area contributed by atoms with E-state index in [9.17, 15) is 8.78 Å². The van der Waals surface area contributed by atoms with Crippen LogP contribution in [0.1, 0.15) is 6.92 Å². The smallest absolute Gasteiger partial charge is 0.232 e. The Morgan fingerprint density at radius 2 is 2.00 bits per heavy atom. The van der Waals surface area contributed by atoms with Crippen LogP contribution >= 0.6 is 0 Å². The highest BCUT2D eigenvalue weighted by Crippen LogP contribution is 2.02. The van der Waals surface area contributed by atoms with Gasteiger partial charge in [-0.05, 0) is 6.92 Å². The molecule has 0 saturated carbocycles. The lowest BCUT2D eigenvalue weighted by molar-refractivity contribution is -0.0863. The van der Waals surface area contributed by atoms with Crippen LogP contribution in [0, 0.1) is 0 Å². The number of aliphatic hydroxyl groups is 1. The summed E-state index contributed by atoms with van der Waals surface area (Å²) < 4.78 is 22.2. The molecule has 0 aliphatic carbocycles. The van der Waals surface area contributed by atoms with Gasteiger partial charge in [-0.3, -0.25) is 0 Å². The Bertz CT molecular complexity index is 38.5. The molecule has 0 aromatic heterocycles. The molecule has 0 unspecified atom stereocenters. The van der Waals surface area contributed by atoms with E-state index < -0.39 is 12.5 Å². The molecule has 1 atom stereocenters. The van der Waals surface area contributed by atoms with Gasteiger partial charge in [-0.1, -0.05) is 0 Å². The van der Waals surface area contributed by atoms with Crippen LogP contribution in [0.3, 0.4) is 0 Å². The lowest BCUT2D eigenvalue weighted by Gasteiger charge is -2.03. The van der Waals surface area contributed by atoms with Crippen molar-refractivity contribution in [3.05, 3.63) is 0 Å². The van der Waals surface area contributed by atoms with E-state index in [2.05, 4.69) is 0 Å². The van der Waals surface area contributed by atoms with Crippen molar-refractivity contribution in [3.63, 3.8) is 0 Å². The molecule has 0 spiro atoms. The van der Waals surface area contributed by atoms with Gasteiger partial charge in [0.25, 0.3) is 0 Å². The van der Waals surface area contributed by atoms with Crippen molar-refractivity contribution in [2.24, 2.45) is 0 Å². The minimum absolute atomic E-state index is 0.757. The minimum atomic E-state index is -2.62. The summed E-state index contributed by atoms with van der Waals surface area (Å²) in [5, 5.41) is 7.78. The molecular formula is C3H6F2O.